The molecule has 3 aliphatic rings. The summed E-state index contributed by atoms with van der Waals surface area (Å²) in [5.41, 5.74) is -1.89. The lowest BCUT2D eigenvalue weighted by atomic mass is 10.2. The summed E-state index contributed by atoms with van der Waals surface area (Å²) in [6.07, 6.45) is 5.38. The van der Waals surface area contributed by atoms with Crippen molar-refractivity contribution in [2.24, 2.45) is 0 Å². The van der Waals surface area contributed by atoms with Crippen LogP contribution in [0.3, 0.4) is 0 Å². The Bertz CT molecular complexity index is 970. The van der Waals surface area contributed by atoms with E-state index >= 15 is 0 Å². The number of halogens is 1. The number of thioether (sulfide) groups is 1. The van der Waals surface area contributed by atoms with Crippen molar-refractivity contribution < 1.29 is 32.9 Å². The Hall–Kier alpha value is -2.50. The Morgan fingerprint density at radius 3 is 2.24 bits per heavy atom. The van der Waals surface area contributed by atoms with E-state index in [9.17, 15) is 23.6 Å². The smallest absolute Gasteiger partial charge is 0.433 e. The lowest BCUT2D eigenvalue weighted by Gasteiger charge is -2.20. The lowest BCUT2D eigenvalue weighted by molar-refractivity contribution is -0.0108. The Balaban J connectivity index is 1.41. The number of aromatic nitrogens is 2. The number of carbonyl (C=O) groups excluding carboxylic acids is 2. The third-order valence-electron chi connectivity index (χ3n) is 6.16. The van der Waals surface area contributed by atoms with Crippen molar-refractivity contribution in [1.82, 2.24) is 9.55 Å². The summed E-state index contributed by atoms with van der Waals surface area (Å²) in [5.74, 6) is -1.10. The molecule has 0 unspecified atom stereocenters. The topological polar surface area (TPSA) is 126 Å². The average Bonchev–Trinajstić information content (AvgIpc) is 3.52. The normalized spacial score (nSPS) is 25.8. The summed E-state index contributed by atoms with van der Waals surface area (Å²) in [6.45, 7) is -0.130. The largest absolute Gasteiger partial charge is 0.508 e. The number of rotatable bonds is 6. The van der Waals surface area contributed by atoms with Crippen LogP contribution in [0, 0.1) is 5.82 Å². The molecule has 1 saturated heterocycles. The van der Waals surface area contributed by atoms with Crippen molar-refractivity contribution in [3.05, 3.63) is 32.9 Å². The van der Waals surface area contributed by atoms with Crippen molar-refractivity contribution in [2.75, 3.05) is 6.61 Å². The number of nitrogens with zero attached hydrogens (tertiary/aromatic N) is 1. The molecule has 2 heterocycles. The molecule has 4 rings (SSSR count). The van der Waals surface area contributed by atoms with Gasteiger partial charge >= 0.3 is 18.0 Å². The zero-order chi connectivity index (χ0) is 23.4. The maximum absolute atomic E-state index is 13.8. The molecule has 1 aromatic rings. The standard InChI is InChI=1S/C21H27FN2O8S/c22-14-10-24(19(26)23-18(14)25)17-9-15(32-21(28)31-13-7-3-4-8-13)16(33-17)11-29-20(27)30-12-5-1-2-6-12/h10,12-13,15-17H,1-9,11H2,(H,23,25,26)/t15-,16+,17+/m0/s1. The fourth-order valence-corrected chi connectivity index (χ4v) is 5.92. The van der Waals surface area contributed by atoms with Crippen LogP contribution in [0.1, 0.15) is 63.2 Å². The number of carbonyl (C=O) groups is 2. The molecular weight excluding hydrogens is 459 g/mol. The van der Waals surface area contributed by atoms with Gasteiger partial charge in [-0.05, 0) is 51.4 Å². The Labute approximate surface area is 193 Å². The molecule has 182 valence electrons. The van der Waals surface area contributed by atoms with Gasteiger partial charge in [-0.15, -0.1) is 11.8 Å². The lowest BCUT2D eigenvalue weighted by Crippen LogP contribution is -2.33. The van der Waals surface area contributed by atoms with E-state index in [1.165, 1.54) is 11.8 Å². The summed E-state index contributed by atoms with van der Waals surface area (Å²) in [7, 11) is 0. The highest BCUT2D eigenvalue weighted by atomic mass is 32.2. The van der Waals surface area contributed by atoms with Gasteiger partial charge in [0.15, 0.2) is 0 Å². The minimum atomic E-state index is -1.11. The van der Waals surface area contributed by atoms with Gasteiger partial charge in [0.25, 0.3) is 5.56 Å². The zero-order valence-electron chi connectivity index (χ0n) is 18.0. The molecule has 0 amide bonds. The van der Waals surface area contributed by atoms with E-state index in [2.05, 4.69) is 0 Å². The summed E-state index contributed by atoms with van der Waals surface area (Å²) >= 11 is 1.18. The van der Waals surface area contributed by atoms with Gasteiger partial charge in [-0.1, -0.05) is 0 Å². The second-order valence-electron chi connectivity index (χ2n) is 8.52. The van der Waals surface area contributed by atoms with Crippen molar-refractivity contribution in [3.63, 3.8) is 0 Å². The first-order chi connectivity index (χ1) is 15.9. The minimum absolute atomic E-state index is 0.130. The molecule has 1 N–H and O–H groups in total. The van der Waals surface area contributed by atoms with Gasteiger partial charge in [0.2, 0.25) is 5.82 Å². The number of ether oxygens (including phenoxy) is 4. The maximum Gasteiger partial charge on any atom is 0.508 e. The van der Waals surface area contributed by atoms with Gasteiger partial charge in [-0.25, -0.2) is 14.4 Å². The monoisotopic (exact) mass is 486 g/mol. The van der Waals surface area contributed by atoms with Crippen LogP contribution in [-0.4, -0.2) is 52.0 Å². The van der Waals surface area contributed by atoms with Crippen molar-refractivity contribution in [1.29, 1.82) is 0 Å². The fourth-order valence-electron chi connectivity index (χ4n) is 4.44. The van der Waals surface area contributed by atoms with Crippen LogP contribution in [0.4, 0.5) is 14.0 Å². The highest BCUT2D eigenvalue weighted by Crippen LogP contribution is 2.43. The quantitative estimate of drug-likeness (QED) is 0.603. The molecule has 33 heavy (non-hydrogen) atoms. The first-order valence-corrected chi connectivity index (χ1v) is 12.2. The Morgan fingerprint density at radius 1 is 1.00 bits per heavy atom. The van der Waals surface area contributed by atoms with Gasteiger partial charge in [-0.2, -0.15) is 4.39 Å². The molecule has 12 heteroatoms. The molecule has 2 saturated carbocycles. The number of aromatic amines is 1. The SMILES string of the molecule is O=C(OC[C@H]1S[C@@H](n2cc(F)c(=O)[nH]c2=O)C[C@@H]1OC(=O)OC1CCCC1)OC1CCCC1. The summed E-state index contributed by atoms with van der Waals surface area (Å²) in [5, 5.41) is -1.18. The second kappa shape index (κ2) is 10.6. The highest BCUT2D eigenvalue weighted by Gasteiger charge is 2.41. The van der Waals surface area contributed by atoms with Crippen LogP contribution in [-0.2, 0) is 18.9 Å². The highest BCUT2D eigenvalue weighted by molar-refractivity contribution is 8.00. The van der Waals surface area contributed by atoms with Crippen LogP contribution in [0.15, 0.2) is 15.8 Å². The van der Waals surface area contributed by atoms with Crippen molar-refractivity contribution in [3.8, 4) is 0 Å². The van der Waals surface area contributed by atoms with E-state index in [4.69, 9.17) is 18.9 Å². The average molecular weight is 487 g/mol. The summed E-state index contributed by atoms with van der Waals surface area (Å²) in [4.78, 5) is 49.9. The van der Waals surface area contributed by atoms with Gasteiger partial charge < -0.3 is 18.9 Å². The first kappa shape index (κ1) is 23.7. The predicted octanol–water partition coefficient (Wildman–Crippen LogP) is 3.24. The van der Waals surface area contributed by atoms with Crippen LogP contribution in [0.2, 0.25) is 0 Å². The van der Waals surface area contributed by atoms with E-state index in [0.717, 1.165) is 62.1 Å². The first-order valence-electron chi connectivity index (χ1n) is 11.3. The van der Waals surface area contributed by atoms with Crippen molar-refractivity contribution in [2.45, 2.75) is 86.7 Å². The molecule has 0 bridgehead atoms. The van der Waals surface area contributed by atoms with E-state index < -0.39 is 46.1 Å². The van der Waals surface area contributed by atoms with Gasteiger partial charge in [0, 0.05) is 6.42 Å². The van der Waals surface area contributed by atoms with E-state index in [1.807, 2.05) is 4.98 Å². The van der Waals surface area contributed by atoms with Gasteiger partial charge in [0.1, 0.15) is 24.9 Å². The Morgan fingerprint density at radius 2 is 1.61 bits per heavy atom. The van der Waals surface area contributed by atoms with E-state index in [1.54, 1.807) is 0 Å². The molecule has 3 atom stereocenters. The molecule has 0 spiro atoms. The summed E-state index contributed by atoms with van der Waals surface area (Å²) < 4.78 is 36.2. The fraction of sp³-hybridized carbons (Fsp3) is 0.714. The molecule has 1 aliphatic heterocycles. The third-order valence-corrected chi connectivity index (χ3v) is 7.68. The minimum Gasteiger partial charge on any atom is -0.433 e. The predicted molar refractivity (Wildman–Crippen MR) is 115 cm³/mol. The van der Waals surface area contributed by atoms with Crippen LogP contribution < -0.4 is 11.2 Å². The molecule has 10 nitrogen and oxygen atoms in total. The molecule has 3 fully saturated rings. The molecular formula is C21H27FN2O8S. The number of H-pyrrole nitrogens is 1. The van der Waals surface area contributed by atoms with Gasteiger partial charge in [0.05, 0.1) is 16.8 Å². The summed E-state index contributed by atoms with van der Waals surface area (Å²) in [6, 6.07) is 0. The van der Waals surface area contributed by atoms with Gasteiger partial charge in [-0.3, -0.25) is 14.3 Å². The number of hydrogen-bond donors (Lipinski definition) is 1. The second-order valence-corrected chi connectivity index (χ2v) is 9.95. The van der Waals surface area contributed by atoms with Crippen LogP contribution >= 0.6 is 11.8 Å². The molecule has 0 radical (unpaired) electrons. The Kier molecular flexibility index (Phi) is 7.61. The van der Waals surface area contributed by atoms with E-state index in [-0.39, 0.29) is 25.2 Å². The van der Waals surface area contributed by atoms with Crippen LogP contribution in [0.25, 0.3) is 0 Å². The number of nitrogens with one attached hydrogen (secondary N) is 1. The number of hydrogen-bond acceptors (Lipinski definition) is 9. The molecule has 2 aliphatic carbocycles. The molecule has 0 aromatic carbocycles. The van der Waals surface area contributed by atoms with E-state index in [0.29, 0.717) is 0 Å². The zero-order valence-corrected chi connectivity index (χ0v) is 18.9. The molecule has 1 aromatic heterocycles. The van der Waals surface area contributed by atoms with Crippen LogP contribution in [0.5, 0.6) is 0 Å². The van der Waals surface area contributed by atoms with Crippen molar-refractivity contribution >= 4 is 24.1 Å². The maximum atomic E-state index is 13.8. The third kappa shape index (κ3) is 6.10.